The molecule has 0 aromatic heterocycles. The molecule has 3 heteroatoms. The molecule has 1 amide bonds. The average Bonchev–Trinajstić information content (AvgIpc) is 2.41. The molecule has 3 nitrogen and oxygen atoms in total. The molecule has 114 valence electrons. The summed E-state index contributed by atoms with van der Waals surface area (Å²) in [5, 5.41) is 11.7. The molecule has 0 spiro atoms. The SMILES string of the molecule is Cc1cc(C#CCO)cc(C(=O)NCC(C)(C)C(C)C)c1. The van der Waals surface area contributed by atoms with Crippen LogP contribution >= 0.6 is 0 Å². The molecule has 0 radical (unpaired) electrons. The van der Waals surface area contributed by atoms with Crippen LogP contribution in [0.1, 0.15) is 49.2 Å². The Hall–Kier alpha value is -1.79. The number of rotatable bonds is 4. The van der Waals surface area contributed by atoms with Crippen molar-refractivity contribution in [3.63, 3.8) is 0 Å². The van der Waals surface area contributed by atoms with Gasteiger partial charge in [0.15, 0.2) is 0 Å². The zero-order valence-corrected chi connectivity index (χ0v) is 13.6. The Morgan fingerprint density at radius 1 is 1.33 bits per heavy atom. The van der Waals surface area contributed by atoms with Crippen LogP contribution in [0.2, 0.25) is 0 Å². The summed E-state index contributed by atoms with van der Waals surface area (Å²) in [5.74, 6) is 5.85. The smallest absolute Gasteiger partial charge is 0.251 e. The van der Waals surface area contributed by atoms with Crippen molar-refractivity contribution in [3.05, 3.63) is 34.9 Å². The first-order valence-corrected chi connectivity index (χ1v) is 7.26. The van der Waals surface area contributed by atoms with Crippen molar-refractivity contribution in [2.75, 3.05) is 13.2 Å². The third-order valence-electron chi connectivity index (χ3n) is 3.92. The van der Waals surface area contributed by atoms with Crippen LogP contribution in [0.25, 0.3) is 0 Å². The summed E-state index contributed by atoms with van der Waals surface area (Å²) in [7, 11) is 0. The number of benzene rings is 1. The van der Waals surface area contributed by atoms with E-state index in [9.17, 15) is 4.79 Å². The fourth-order valence-electron chi connectivity index (χ4n) is 1.74. The highest BCUT2D eigenvalue weighted by Crippen LogP contribution is 2.24. The van der Waals surface area contributed by atoms with Crippen LogP contribution in [-0.2, 0) is 0 Å². The van der Waals surface area contributed by atoms with Crippen LogP contribution in [0.4, 0.5) is 0 Å². The Bertz CT molecular complexity index is 562. The molecule has 0 bridgehead atoms. The van der Waals surface area contributed by atoms with Gasteiger partial charge in [0.05, 0.1) is 0 Å². The number of nitrogens with one attached hydrogen (secondary N) is 1. The summed E-state index contributed by atoms with van der Waals surface area (Å²) >= 11 is 0. The highest BCUT2D eigenvalue weighted by molar-refractivity contribution is 5.94. The van der Waals surface area contributed by atoms with Crippen molar-refractivity contribution in [2.45, 2.75) is 34.6 Å². The molecule has 2 N–H and O–H groups in total. The third-order valence-corrected chi connectivity index (χ3v) is 3.92. The molecule has 1 rings (SSSR count). The van der Waals surface area contributed by atoms with Crippen molar-refractivity contribution < 1.29 is 9.90 Å². The standard InChI is InChI=1S/C18H25NO2/c1-13(2)18(4,5)12-19-17(21)16-10-14(3)9-15(11-16)7-6-8-20/h9-11,13,20H,8,12H2,1-5H3,(H,19,21). The zero-order chi connectivity index (χ0) is 16.0. The van der Waals surface area contributed by atoms with E-state index >= 15 is 0 Å². The van der Waals surface area contributed by atoms with Gasteiger partial charge in [0.1, 0.15) is 6.61 Å². The highest BCUT2D eigenvalue weighted by atomic mass is 16.2. The second kappa shape index (κ2) is 7.28. The van der Waals surface area contributed by atoms with E-state index in [1.54, 1.807) is 6.07 Å². The maximum atomic E-state index is 12.3. The van der Waals surface area contributed by atoms with Crippen molar-refractivity contribution in [1.29, 1.82) is 0 Å². The second-order valence-corrected chi connectivity index (χ2v) is 6.37. The summed E-state index contributed by atoms with van der Waals surface area (Å²) < 4.78 is 0. The molecule has 0 heterocycles. The lowest BCUT2D eigenvalue weighted by Gasteiger charge is -2.29. The van der Waals surface area contributed by atoms with E-state index < -0.39 is 0 Å². The van der Waals surface area contributed by atoms with Crippen LogP contribution in [-0.4, -0.2) is 24.2 Å². The molecule has 0 aliphatic carbocycles. The zero-order valence-electron chi connectivity index (χ0n) is 13.6. The molecule has 1 aromatic carbocycles. The minimum Gasteiger partial charge on any atom is -0.384 e. The first-order valence-electron chi connectivity index (χ1n) is 7.26. The van der Waals surface area contributed by atoms with Crippen LogP contribution in [0.3, 0.4) is 0 Å². The van der Waals surface area contributed by atoms with Crippen LogP contribution in [0.15, 0.2) is 18.2 Å². The number of aliphatic hydroxyl groups is 1. The first kappa shape index (κ1) is 17.3. The van der Waals surface area contributed by atoms with Crippen LogP contribution in [0.5, 0.6) is 0 Å². The van der Waals surface area contributed by atoms with Gasteiger partial charge in [-0.25, -0.2) is 0 Å². The predicted octanol–water partition coefficient (Wildman–Crippen LogP) is 2.75. The number of carbonyl (C=O) groups excluding carboxylic acids is 1. The van der Waals surface area contributed by atoms with Gasteiger partial charge in [-0.05, 0) is 42.0 Å². The largest absolute Gasteiger partial charge is 0.384 e. The van der Waals surface area contributed by atoms with Crippen LogP contribution in [0, 0.1) is 30.1 Å². The summed E-state index contributed by atoms with van der Waals surface area (Å²) in [6.45, 7) is 11.0. The van der Waals surface area contributed by atoms with Gasteiger partial charge in [0, 0.05) is 17.7 Å². The Labute approximate surface area is 127 Å². The van der Waals surface area contributed by atoms with Gasteiger partial charge < -0.3 is 10.4 Å². The summed E-state index contributed by atoms with van der Waals surface area (Å²) in [6.07, 6.45) is 0. The highest BCUT2D eigenvalue weighted by Gasteiger charge is 2.23. The predicted molar refractivity (Wildman–Crippen MR) is 86.1 cm³/mol. The second-order valence-electron chi connectivity index (χ2n) is 6.37. The minimum absolute atomic E-state index is 0.0546. The first-order chi connectivity index (χ1) is 9.76. The van der Waals surface area contributed by atoms with Crippen molar-refractivity contribution in [2.24, 2.45) is 11.3 Å². The maximum absolute atomic E-state index is 12.3. The van der Waals surface area contributed by atoms with Gasteiger partial charge in [-0.3, -0.25) is 4.79 Å². The molecule has 0 saturated heterocycles. The number of aliphatic hydroxyl groups excluding tert-OH is 1. The Morgan fingerprint density at radius 3 is 2.57 bits per heavy atom. The summed E-state index contributed by atoms with van der Waals surface area (Å²) in [6, 6.07) is 5.51. The van der Waals surface area contributed by atoms with Gasteiger partial charge in [-0.2, -0.15) is 0 Å². The number of hydrogen-bond donors (Lipinski definition) is 2. The lowest BCUT2D eigenvalue weighted by Crippen LogP contribution is -2.37. The Balaban J connectivity index is 2.86. The van der Waals surface area contributed by atoms with E-state index in [0.717, 1.165) is 11.1 Å². The topological polar surface area (TPSA) is 49.3 Å². The third kappa shape index (κ3) is 5.24. The number of aryl methyl sites for hydroxylation is 1. The van der Waals surface area contributed by atoms with E-state index in [0.29, 0.717) is 18.0 Å². The fraction of sp³-hybridized carbons (Fsp3) is 0.500. The van der Waals surface area contributed by atoms with Crippen molar-refractivity contribution in [1.82, 2.24) is 5.32 Å². The summed E-state index contributed by atoms with van der Waals surface area (Å²) in [5.41, 5.74) is 2.39. The van der Waals surface area contributed by atoms with E-state index in [2.05, 4.69) is 44.9 Å². The Kier molecular flexibility index (Phi) is 5.99. The molecule has 0 aliphatic rings. The van der Waals surface area contributed by atoms with Gasteiger partial charge in [-0.1, -0.05) is 39.5 Å². The van der Waals surface area contributed by atoms with Crippen molar-refractivity contribution >= 4 is 5.91 Å². The normalized spacial score (nSPS) is 11.0. The Morgan fingerprint density at radius 2 is 2.00 bits per heavy atom. The molecule has 1 aromatic rings. The van der Waals surface area contributed by atoms with Gasteiger partial charge in [0.25, 0.3) is 5.91 Å². The molecule has 21 heavy (non-hydrogen) atoms. The molecular formula is C18H25NO2. The van der Waals surface area contributed by atoms with E-state index in [1.165, 1.54) is 0 Å². The van der Waals surface area contributed by atoms with Gasteiger partial charge in [0.2, 0.25) is 0 Å². The monoisotopic (exact) mass is 287 g/mol. The summed E-state index contributed by atoms with van der Waals surface area (Å²) in [4.78, 5) is 12.3. The maximum Gasteiger partial charge on any atom is 0.251 e. The fourth-order valence-corrected chi connectivity index (χ4v) is 1.74. The molecule has 0 saturated carbocycles. The lowest BCUT2D eigenvalue weighted by molar-refractivity contribution is 0.0924. The molecular weight excluding hydrogens is 262 g/mol. The molecule has 0 fully saturated rings. The van der Waals surface area contributed by atoms with Crippen molar-refractivity contribution in [3.8, 4) is 11.8 Å². The van der Waals surface area contributed by atoms with E-state index in [-0.39, 0.29) is 17.9 Å². The van der Waals surface area contributed by atoms with Gasteiger partial charge >= 0.3 is 0 Å². The number of amides is 1. The number of hydrogen-bond acceptors (Lipinski definition) is 2. The molecule has 0 unspecified atom stereocenters. The average molecular weight is 287 g/mol. The van der Waals surface area contributed by atoms with Crippen LogP contribution < -0.4 is 5.32 Å². The van der Waals surface area contributed by atoms with Gasteiger partial charge in [-0.15, -0.1) is 0 Å². The van der Waals surface area contributed by atoms with E-state index in [4.69, 9.17) is 5.11 Å². The quantitative estimate of drug-likeness (QED) is 0.837. The molecule has 0 aliphatic heterocycles. The number of carbonyl (C=O) groups is 1. The van der Waals surface area contributed by atoms with E-state index in [1.807, 2.05) is 19.1 Å². The lowest BCUT2D eigenvalue weighted by atomic mass is 9.81. The molecule has 0 atom stereocenters. The minimum atomic E-state index is -0.182.